The highest BCUT2D eigenvalue weighted by Gasteiger charge is 2.51. The molecule has 1 unspecified atom stereocenters. The standard InChI is InChI=1S/C62H93N5O12/c1-12-45-28-27-44(34-52(45)71)33-49-60(76)67-30-20-23-48(66-67)61(77)78-53(25-19-15-18-24-50(69)43(11)56(72)47(29-26-42(10)68)58(74)64-55(36(3)4)59(75)63-49)38(6)22-17-14-16-21-37(5)51(70)35-54-39(7)31-40(8)62(79-54)41(9)32-46(13-2)57(73)65-62/h14-15,17-19,22,24,27-28,31,34,36-37,39,41,43,46-51,53-56,66,69-72H,12-13,16,20-21,23,25-26,29-30,32-33,35H2,1-11H3,(H,63,75)(H,64,74)(H,65,73)/b17-14+,19-15+,24-18+,38-22+/t37-,39+,41-,43-,46-,47+,48?,49-,50-,51-,53-,54-,55-,56+,62-/m0/s1. The first-order valence-electron chi connectivity index (χ1n) is 29.0. The fourth-order valence-corrected chi connectivity index (χ4v) is 11.3. The number of allylic oxidation sites excluding steroid dienone is 5. The van der Waals surface area contributed by atoms with Gasteiger partial charge in [0, 0.05) is 55.9 Å². The Morgan fingerprint density at radius 1 is 0.987 bits per heavy atom. The van der Waals surface area contributed by atoms with Crippen molar-refractivity contribution >= 4 is 35.4 Å². The molecule has 17 heteroatoms. The summed E-state index contributed by atoms with van der Waals surface area (Å²) in [5, 5.41) is 55.3. The lowest BCUT2D eigenvalue weighted by Crippen LogP contribution is -2.64. The summed E-state index contributed by atoms with van der Waals surface area (Å²) < 4.78 is 13.0. The quantitative estimate of drug-likeness (QED) is 0.0476. The number of ether oxygens (including phenoxy) is 2. The highest BCUT2D eigenvalue weighted by atomic mass is 16.5. The number of Topliss-reactive ketones (excluding diaryl/α,β-unsaturated/α-hetero) is 1. The van der Waals surface area contributed by atoms with Gasteiger partial charge in [-0.3, -0.25) is 29.0 Å². The molecule has 2 bridgehead atoms. The summed E-state index contributed by atoms with van der Waals surface area (Å²) in [5.74, 6) is -5.22. The number of hydrazine groups is 1. The maximum atomic E-state index is 14.6. The van der Waals surface area contributed by atoms with Crippen LogP contribution in [0, 0.1) is 41.4 Å². The van der Waals surface area contributed by atoms with Gasteiger partial charge in [-0.15, -0.1) is 0 Å². The number of aryl methyl sites for hydroxylation is 1. The highest BCUT2D eigenvalue weighted by Crippen LogP contribution is 2.43. The average Bonchev–Trinajstić information content (AvgIpc) is 3.59. The van der Waals surface area contributed by atoms with Crippen LogP contribution in [0.1, 0.15) is 151 Å². The number of phenols is 1. The molecule has 4 heterocycles. The second-order valence-corrected chi connectivity index (χ2v) is 23.3. The summed E-state index contributed by atoms with van der Waals surface area (Å²) >= 11 is 0. The number of fused-ring (bicyclic) bond motifs is 2. The Morgan fingerprint density at radius 3 is 2.39 bits per heavy atom. The third kappa shape index (κ3) is 17.3. The van der Waals surface area contributed by atoms with Gasteiger partial charge in [0.15, 0.2) is 5.72 Å². The van der Waals surface area contributed by atoms with Gasteiger partial charge in [-0.2, -0.15) is 0 Å². The lowest BCUT2D eigenvalue weighted by Gasteiger charge is -2.51. The Balaban J connectivity index is 1.36. The molecular formula is C62H93N5O12. The van der Waals surface area contributed by atoms with E-state index in [0.717, 1.165) is 24.0 Å². The van der Waals surface area contributed by atoms with Crippen LogP contribution in [0.25, 0.3) is 0 Å². The van der Waals surface area contributed by atoms with E-state index in [1.54, 1.807) is 57.2 Å². The molecule has 4 aliphatic heterocycles. The number of hydrogen-bond acceptors (Lipinski definition) is 13. The third-order valence-corrected chi connectivity index (χ3v) is 16.8. The molecule has 438 valence electrons. The number of cyclic esters (lactones) is 1. The van der Waals surface area contributed by atoms with Crippen LogP contribution in [0.4, 0.5) is 0 Å². The number of carbonyl (C=O) groups is 6. The zero-order valence-electron chi connectivity index (χ0n) is 48.7. The largest absolute Gasteiger partial charge is 0.508 e. The summed E-state index contributed by atoms with van der Waals surface area (Å²) in [4.78, 5) is 82.5. The molecule has 0 aliphatic carbocycles. The van der Waals surface area contributed by atoms with E-state index in [2.05, 4.69) is 41.3 Å². The minimum atomic E-state index is -1.43. The molecule has 2 fully saturated rings. The molecule has 2 saturated heterocycles. The Labute approximate surface area is 469 Å². The van der Waals surface area contributed by atoms with Crippen LogP contribution in [0.2, 0.25) is 0 Å². The molecule has 1 spiro atoms. The number of piperidine rings is 1. The molecule has 0 radical (unpaired) electrons. The second kappa shape index (κ2) is 29.8. The van der Waals surface area contributed by atoms with E-state index in [0.29, 0.717) is 49.7 Å². The van der Waals surface area contributed by atoms with Crippen LogP contribution in [0.3, 0.4) is 0 Å². The van der Waals surface area contributed by atoms with E-state index < -0.39 is 89.7 Å². The number of nitrogens with zero attached hydrogens (tertiary/aromatic N) is 1. The van der Waals surface area contributed by atoms with Gasteiger partial charge in [0.05, 0.1) is 30.3 Å². The summed E-state index contributed by atoms with van der Waals surface area (Å²) in [5.41, 5.74) is 5.18. The van der Waals surface area contributed by atoms with Gasteiger partial charge in [0.1, 0.15) is 35.8 Å². The molecule has 8 N–H and O–H groups in total. The van der Waals surface area contributed by atoms with Crippen molar-refractivity contribution in [3.8, 4) is 5.75 Å². The zero-order valence-corrected chi connectivity index (χ0v) is 48.7. The Morgan fingerprint density at radius 2 is 1.72 bits per heavy atom. The summed E-state index contributed by atoms with van der Waals surface area (Å²) in [6.07, 6.45) is 14.9. The second-order valence-electron chi connectivity index (χ2n) is 23.3. The van der Waals surface area contributed by atoms with Gasteiger partial charge < -0.3 is 50.6 Å². The van der Waals surface area contributed by atoms with Crippen molar-refractivity contribution in [1.29, 1.82) is 0 Å². The highest BCUT2D eigenvalue weighted by molar-refractivity contribution is 5.93. The monoisotopic (exact) mass is 1100 g/mol. The lowest BCUT2D eigenvalue weighted by atomic mass is 9.75. The van der Waals surface area contributed by atoms with Gasteiger partial charge in [0.2, 0.25) is 17.7 Å². The van der Waals surface area contributed by atoms with Crippen LogP contribution in [0.15, 0.2) is 78.0 Å². The normalized spacial score (nSPS) is 32.7. The van der Waals surface area contributed by atoms with Crippen molar-refractivity contribution in [1.82, 2.24) is 26.4 Å². The van der Waals surface area contributed by atoms with Crippen LogP contribution in [-0.2, 0) is 51.1 Å². The predicted octanol–water partition coefficient (Wildman–Crippen LogP) is 6.92. The Hall–Kier alpha value is -5.46. The van der Waals surface area contributed by atoms with Crippen molar-refractivity contribution in [3.05, 3.63) is 89.1 Å². The first-order valence-corrected chi connectivity index (χ1v) is 29.0. The van der Waals surface area contributed by atoms with Crippen LogP contribution < -0.4 is 21.4 Å². The van der Waals surface area contributed by atoms with Crippen molar-refractivity contribution in [2.24, 2.45) is 41.4 Å². The van der Waals surface area contributed by atoms with Crippen LogP contribution >= 0.6 is 0 Å². The molecule has 15 atom stereocenters. The number of ketones is 1. The van der Waals surface area contributed by atoms with Gasteiger partial charge in [-0.25, -0.2) is 5.43 Å². The maximum absolute atomic E-state index is 14.6. The fourth-order valence-electron chi connectivity index (χ4n) is 11.3. The molecule has 17 nitrogen and oxygen atoms in total. The molecule has 4 aliphatic rings. The van der Waals surface area contributed by atoms with Gasteiger partial charge in [0.25, 0.3) is 5.91 Å². The van der Waals surface area contributed by atoms with E-state index in [1.807, 2.05) is 52.8 Å². The number of amides is 4. The number of rotatable bonds is 16. The molecule has 0 aromatic heterocycles. The molecule has 79 heavy (non-hydrogen) atoms. The summed E-state index contributed by atoms with van der Waals surface area (Å²) in [6, 6.07) is 1.73. The number of nitrogens with one attached hydrogen (secondary N) is 4. The van der Waals surface area contributed by atoms with E-state index in [4.69, 9.17) is 9.47 Å². The number of esters is 1. The number of aliphatic hydroxyl groups is 3. The van der Waals surface area contributed by atoms with E-state index >= 15 is 0 Å². The fraction of sp³-hybridized carbons (Fsp3) is 0.645. The van der Waals surface area contributed by atoms with Crippen molar-refractivity contribution in [2.45, 2.75) is 208 Å². The van der Waals surface area contributed by atoms with Gasteiger partial charge in [-0.05, 0) is 112 Å². The van der Waals surface area contributed by atoms with Gasteiger partial charge in [-0.1, -0.05) is 116 Å². The minimum absolute atomic E-state index is 0.00862. The molecule has 1 aromatic rings. The molecule has 0 saturated carbocycles. The molecule has 1 aromatic carbocycles. The maximum Gasteiger partial charge on any atom is 0.325 e. The predicted molar refractivity (Wildman–Crippen MR) is 303 cm³/mol. The van der Waals surface area contributed by atoms with Crippen molar-refractivity contribution in [2.75, 3.05) is 6.54 Å². The molecule has 5 rings (SSSR count). The minimum Gasteiger partial charge on any atom is -0.508 e. The zero-order chi connectivity index (χ0) is 58.3. The van der Waals surface area contributed by atoms with Crippen molar-refractivity contribution < 1.29 is 58.7 Å². The molecule has 4 amide bonds. The van der Waals surface area contributed by atoms with E-state index in [1.165, 1.54) is 18.0 Å². The van der Waals surface area contributed by atoms with Crippen molar-refractivity contribution in [3.63, 3.8) is 0 Å². The lowest BCUT2D eigenvalue weighted by molar-refractivity contribution is -0.179. The van der Waals surface area contributed by atoms with Crippen LogP contribution in [-0.4, -0.2) is 122 Å². The Bertz CT molecular complexity index is 2430. The first kappa shape index (κ1) is 64.4. The summed E-state index contributed by atoms with van der Waals surface area (Å²) in [6.45, 7) is 20.6. The average molecular weight is 1100 g/mol. The number of carbonyl (C=O) groups excluding carboxylic acids is 6. The smallest absolute Gasteiger partial charge is 0.325 e. The van der Waals surface area contributed by atoms with E-state index in [-0.39, 0.29) is 79.4 Å². The number of benzene rings is 1. The SMILES string of the molecule is CCc1ccc(C[C@@H]2NC(=O)[C@H](C(C)C)NC(=O)[C@H](CCC(C)=O)[C@H](O)[C@@H](C)[C@@H](O)/C=C/C=C/C[C@@H](/C(C)=C/C=C/CC[C@H](C)[C@@H](O)C[C@@H]3O[C@@]4(NC(=O)[C@@H](CC)C[C@@H]4C)C(C)=C[C@H]3C)OC(=O)C3CCCN(N3)C2=O)cc1O. The third-order valence-electron chi connectivity index (χ3n) is 16.8. The summed E-state index contributed by atoms with van der Waals surface area (Å²) in [7, 11) is 0. The van der Waals surface area contributed by atoms with Crippen LogP contribution in [0.5, 0.6) is 5.75 Å². The van der Waals surface area contributed by atoms with E-state index in [9.17, 15) is 49.2 Å². The number of aliphatic hydroxyl groups excluding tert-OH is 3. The first-order chi connectivity index (χ1) is 37.4. The Kier molecular flexibility index (Phi) is 24.3. The number of hydrogen-bond donors (Lipinski definition) is 8. The topological polar surface area (TPSA) is 253 Å². The number of phenolic OH excluding ortho intramolecular Hbond substituents is 1. The number of aromatic hydroxyl groups is 1. The van der Waals surface area contributed by atoms with Gasteiger partial charge >= 0.3 is 5.97 Å². The molecular weight excluding hydrogens is 1010 g/mol.